The van der Waals surface area contributed by atoms with Crippen LogP contribution in [-0.2, 0) is 17.6 Å². The zero-order valence-corrected chi connectivity index (χ0v) is 14.6. The van der Waals surface area contributed by atoms with Gasteiger partial charge < -0.3 is 19.8 Å². The van der Waals surface area contributed by atoms with Gasteiger partial charge in [-0.1, -0.05) is 18.2 Å². The van der Waals surface area contributed by atoms with E-state index in [-0.39, 0.29) is 18.1 Å². The lowest BCUT2D eigenvalue weighted by Crippen LogP contribution is -2.40. The van der Waals surface area contributed by atoms with Crippen molar-refractivity contribution in [3.63, 3.8) is 0 Å². The zero-order valence-electron chi connectivity index (χ0n) is 14.6. The summed E-state index contributed by atoms with van der Waals surface area (Å²) in [5.74, 6) is 0.911. The number of aromatic nitrogens is 1. The van der Waals surface area contributed by atoms with Crippen LogP contribution < -0.4 is 20.3 Å². The van der Waals surface area contributed by atoms with Gasteiger partial charge in [-0.05, 0) is 49.1 Å². The Kier molecular flexibility index (Phi) is 3.63. The van der Waals surface area contributed by atoms with Crippen molar-refractivity contribution in [2.75, 3.05) is 11.9 Å². The number of H-pyrrole nitrogens is 1. The highest BCUT2D eigenvalue weighted by molar-refractivity contribution is 5.97. The summed E-state index contributed by atoms with van der Waals surface area (Å²) in [6, 6.07) is 12.9. The Balaban J connectivity index is 1.39. The van der Waals surface area contributed by atoms with Crippen LogP contribution in [0.4, 0.5) is 5.69 Å². The number of carbonyl (C=O) groups is 1. The summed E-state index contributed by atoms with van der Waals surface area (Å²) in [6.45, 7) is 0.154. The summed E-state index contributed by atoms with van der Waals surface area (Å²) >= 11 is 0. The number of para-hydroxylation sites is 2. The molecule has 1 aliphatic carbocycles. The molecule has 0 radical (unpaired) electrons. The fourth-order valence-electron chi connectivity index (χ4n) is 3.85. The van der Waals surface area contributed by atoms with Gasteiger partial charge in [-0.3, -0.25) is 9.59 Å². The molecule has 1 atom stereocenters. The van der Waals surface area contributed by atoms with Crippen molar-refractivity contribution in [3.05, 3.63) is 63.9 Å². The summed E-state index contributed by atoms with van der Waals surface area (Å²) in [5.41, 5.74) is 3.35. The minimum atomic E-state index is -0.727. The van der Waals surface area contributed by atoms with E-state index in [2.05, 4.69) is 10.3 Å². The predicted octanol–water partition coefficient (Wildman–Crippen LogP) is 2.80. The topological polar surface area (TPSA) is 80.4 Å². The molecule has 0 spiro atoms. The molecule has 0 saturated heterocycles. The number of aryl methyl sites for hydroxylation is 1. The summed E-state index contributed by atoms with van der Waals surface area (Å²) in [5, 5.41) is 3.90. The van der Waals surface area contributed by atoms with Crippen LogP contribution in [0.25, 0.3) is 10.9 Å². The number of fused-ring (bicyclic) bond motifs is 4. The number of nitrogens with one attached hydrogen (secondary N) is 2. The largest absolute Gasteiger partial charge is 0.485 e. The van der Waals surface area contributed by atoms with Gasteiger partial charge in [0.05, 0.1) is 5.52 Å². The normalized spacial score (nSPS) is 17.6. The number of amides is 1. The molecule has 2 aromatic carbocycles. The van der Waals surface area contributed by atoms with E-state index >= 15 is 0 Å². The third-order valence-electron chi connectivity index (χ3n) is 5.15. The monoisotopic (exact) mass is 362 g/mol. The molecule has 0 saturated carbocycles. The number of aromatic amines is 1. The summed E-state index contributed by atoms with van der Waals surface area (Å²) in [4.78, 5) is 27.8. The van der Waals surface area contributed by atoms with Gasteiger partial charge in [-0.2, -0.15) is 0 Å². The Morgan fingerprint density at radius 3 is 2.78 bits per heavy atom. The van der Waals surface area contributed by atoms with Crippen LogP contribution in [0.5, 0.6) is 11.5 Å². The van der Waals surface area contributed by atoms with Crippen LogP contribution in [-0.4, -0.2) is 23.6 Å². The van der Waals surface area contributed by atoms with E-state index in [1.807, 2.05) is 30.3 Å². The molecule has 2 aliphatic rings. The smallest absolute Gasteiger partial charge is 0.269 e. The molecule has 3 aromatic rings. The average molecular weight is 362 g/mol. The van der Waals surface area contributed by atoms with E-state index < -0.39 is 6.10 Å². The third kappa shape index (κ3) is 2.73. The second kappa shape index (κ2) is 6.16. The van der Waals surface area contributed by atoms with E-state index in [0.717, 1.165) is 41.3 Å². The molecule has 1 amide bonds. The standard InChI is InChI=1S/C21H18N2O4/c24-20-15-5-3-4-13(15)14-9-8-12(10-16(14)23-20)22-21(25)19-11-26-17-6-1-2-7-18(17)27-19/h1-2,6-10,19H,3-5,11H2,(H,22,25)(H,23,24). The lowest BCUT2D eigenvalue weighted by Gasteiger charge is -2.25. The first-order chi connectivity index (χ1) is 13.2. The Morgan fingerprint density at radius 2 is 1.89 bits per heavy atom. The Labute approximate surface area is 155 Å². The zero-order chi connectivity index (χ0) is 18.4. The van der Waals surface area contributed by atoms with Crippen LogP contribution >= 0.6 is 0 Å². The Hall–Kier alpha value is -3.28. The fourth-order valence-corrected chi connectivity index (χ4v) is 3.85. The molecular weight excluding hydrogens is 344 g/mol. The van der Waals surface area contributed by atoms with Crippen molar-refractivity contribution < 1.29 is 14.3 Å². The molecule has 6 nitrogen and oxygen atoms in total. The number of benzene rings is 2. The lowest BCUT2D eigenvalue weighted by molar-refractivity contribution is -0.125. The molecule has 27 heavy (non-hydrogen) atoms. The maximum atomic E-state index is 12.6. The van der Waals surface area contributed by atoms with Gasteiger partial charge in [0.2, 0.25) is 6.10 Å². The first kappa shape index (κ1) is 15.9. The number of carbonyl (C=O) groups excluding carboxylic acids is 1. The second-order valence-electron chi connectivity index (χ2n) is 6.88. The van der Waals surface area contributed by atoms with Crippen molar-refractivity contribution in [1.29, 1.82) is 0 Å². The van der Waals surface area contributed by atoms with Crippen LogP contribution in [0.2, 0.25) is 0 Å². The first-order valence-electron chi connectivity index (χ1n) is 9.06. The molecule has 136 valence electrons. The van der Waals surface area contributed by atoms with Crippen LogP contribution in [0.1, 0.15) is 17.5 Å². The summed E-state index contributed by atoms with van der Waals surface area (Å²) in [7, 11) is 0. The molecular formula is C21H18N2O4. The highest BCUT2D eigenvalue weighted by atomic mass is 16.6. The fraction of sp³-hybridized carbons (Fsp3) is 0.238. The van der Waals surface area contributed by atoms with Crippen LogP contribution in [0.3, 0.4) is 0 Å². The quantitative estimate of drug-likeness (QED) is 0.735. The molecule has 1 unspecified atom stereocenters. The number of ether oxygens (including phenoxy) is 2. The van der Waals surface area contributed by atoms with Gasteiger partial charge in [0, 0.05) is 16.6 Å². The van der Waals surface area contributed by atoms with Gasteiger partial charge in [0.15, 0.2) is 11.5 Å². The first-order valence-corrected chi connectivity index (χ1v) is 9.06. The lowest BCUT2D eigenvalue weighted by atomic mass is 10.1. The summed E-state index contributed by atoms with van der Waals surface area (Å²) < 4.78 is 11.3. The minimum absolute atomic E-state index is 0.0286. The highest BCUT2D eigenvalue weighted by Crippen LogP contribution is 2.31. The highest BCUT2D eigenvalue weighted by Gasteiger charge is 2.27. The second-order valence-corrected chi connectivity index (χ2v) is 6.88. The molecule has 5 rings (SSSR count). The van der Waals surface area contributed by atoms with E-state index in [0.29, 0.717) is 17.2 Å². The van der Waals surface area contributed by atoms with Crippen molar-refractivity contribution >= 4 is 22.5 Å². The predicted molar refractivity (Wildman–Crippen MR) is 102 cm³/mol. The molecule has 1 aliphatic heterocycles. The average Bonchev–Trinajstić information content (AvgIpc) is 3.18. The molecule has 0 fully saturated rings. The Morgan fingerprint density at radius 1 is 1.07 bits per heavy atom. The van der Waals surface area contributed by atoms with Gasteiger partial charge >= 0.3 is 0 Å². The number of hydrogen-bond donors (Lipinski definition) is 2. The number of rotatable bonds is 2. The van der Waals surface area contributed by atoms with Crippen molar-refractivity contribution in [1.82, 2.24) is 4.98 Å². The molecule has 2 N–H and O–H groups in total. The molecule has 6 heteroatoms. The number of anilines is 1. The van der Waals surface area contributed by atoms with E-state index in [4.69, 9.17) is 9.47 Å². The van der Waals surface area contributed by atoms with Crippen molar-refractivity contribution in [2.24, 2.45) is 0 Å². The molecule has 1 aromatic heterocycles. The SMILES string of the molecule is O=C(Nc1ccc2c3c(c(=O)[nH]c2c1)CCC3)C1COc2ccccc2O1. The van der Waals surface area contributed by atoms with E-state index in [9.17, 15) is 9.59 Å². The summed E-state index contributed by atoms with van der Waals surface area (Å²) in [6.07, 6.45) is 2.04. The Bertz CT molecular complexity index is 1120. The van der Waals surface area contributed by atoms with Crippen molar-refractivity contribution in [2.45, 2.75) is 25.4 Å². The van der Waals surface area contributed by atoms with Crippen LogP contribution in [0, 0.1) is 0 Å². The van der Waals surface area contributed by atoms with Gasteiger partial charge in [0.25, 0.3) is 11.5 Å². The minimum Gasteiger partial charge on any atom is -0.485 e. The molecule has 2 heterocycles. The molecule has 0 bridgehead atoms. The van der Waals surface area contributed by atoms with E-state index in [1.165, 1.54) is 0 Å². The van der Waals surface area contributed by atoms with Gasteiger partial charge in [-0.25, -0.2) is 0 Å². The van der Waals surface area contributed by atoms with Crippen LogP contribution in [0.15, 0.2) is 47.3 Å². The maximum absolute atomic E-state index is 12.6. The van der Waals surface area contributed by atoms with E-state index in [1.54, 1.807) is 12.1 Å². The maximum Gasteiger partial charge on any atom is 0.269 e. The van der Waals surface area contributed by atoms with Gasteiger partial charge in [0.1, 0.15) is 6.61 Å². The van der Waals surface area contributed by atoms with Crippen molar-refractivity contribution in [3.8, 4) is 11.5 Å². The van der Waals surface area contributed by atoms with Gasteiger partial charge in [-0.15, -0.1) is 0 Å². The third-order valence-corrected chi connectivity index (χ3v) is 5.15. The number of pyridine rings is 1. The number of hydrogen-bond acceptors (Lipinski definition) is 4.